The average molecular weight is 374 g/mol. The minimum absolute atomic E-state index is 0.0795. The average Bonchev–Trinajstić information content (AvgIpc) is 3.46. The Labute approximate surface area is 153 Å². The van der Waals surface area contributed by atoms with Gasteiger partial charge in [-0.3, -0.25) is 0 Å². The lowest BCUT2D eigenvalue weighted by molar-refractivity contribution is 0.206. The maximum Gasteiger partial charge on any atom is 0.322 e. The largest absolute Gasteiger partial charge is 0.382 e. The van der Waals surface area contributed by atoms with Crippen molar-refractivity contribution < 1.29 is 17.4 Å². The van der Waals surface area contributed by atoms with Gasteiger partial charge in [-0.1, -0.05) is 30.3 Å². The molecule has 6 nitrogen and oxygen atoms in total. The van der Waals surface area contributed by atoms with Crippen molar-refractivity contribution in [3.63, 3.8) is 0 Å². The SMILES string of the molecule is CCS(=O)(=O)Oc1ccc(CN(C(=O)Nc2ccccc2)C2CC2)cc1. The number of benzene rings is 2. The number of urea groups is 1. The lowest BCUT2D eigenvalue weighted by atomic mass is 10.2. The highest BCUT2D eigenvalue weighted by molar-refractivity contribution is 7.87. The van der Waals surface area contributed by atoms with E-state index in [0.717, 1.165) is 24.1 Å². The summed E-state index contributed by atoms with van der Waals surface area (Å²) in [5.74, 6) is 0.200. The van der Waals surface area contributed by atoms with E-state index in [4.69, 9.17) is 4.18 Å². The molecule has 2 amide bonds. The van der Waals surface area contributed by atoms with Gasteiger partial charge < -0.3 is 14.4 Å². The third-order valence-corrected chi connectivity index (χ3v) is 5.28. The highest BCUT2D eigenvalue weighted by Gasteiger charge is 2.32. The first-order valence-corrected chi connectivity index (χ1v) is 10.2. The Hall–Kier alpha value is -2.54. The molecular formula is C19H22N2O4S. The molecule has 7 heteroatoms. The Bertz CT molecular complexity index is 847. The van der Waals surface area contributed by atoms with E-state index in [-0.39, 0.29) is 23.6 Å². The normalized spacial score (nSPS) is 13.9. The molecule has 1 N–H and O–H groups in total. The van der Waals surface area contributed by atoms with E-state index < -0.39 is 10.1 Å². The Balaban J connectivity index is 1.66. The van der Waals surface area contributed by atoms with Gasteiger partial charge in [0.1, 0.15) is 5.75 Å². The fourth-order valence-electron chi connectivity index (χ4n) is 2.52. The van der Waals surface area contributed by atoms with Gasteiger partial charge >= 0.3 is 16.1 Å². The summed E-state index contributed by atoms with van der Waals surface area (Å²) >= 11 is 0. The van der Waals surface area contributed by atoms with Crippen LogP contribution in [-0.2, 0) is 16.7 Å². The predicted molar refractivity (Wildman–Crippen MR) is 101 cm³/mol. The first-order chi connectivity index (χ1) is 12.5. The summed E-state index contributed by atoms with van der Waals surface area (Å²) in [6.45, 7) is 1.99. The van der Waals surface area contributed by atoms with E-state index in [2.05, 4.69) is 5.32 Å². The monoisotopic (exact) mass is 374 g/mol. The Morgan fingerprint density at radius 1 is 1.12 bits per heavy atom. The van der Waals surface area contributed by atoms with Crippen LogP contribution < -0.4 is 9.50 Å². The van der Waals surface area contributed by atoms with E-state index in [1.54, 1.807) is 24.3 Å². The molecule has 3 rings (SSSR count). The second kappa shape index (κ2) is 7.78. The van der Waals surface area contributed by atoms with Gasteiger partial charge in [-0.15, -0.1) is 0 Å². The molecule has 0 aliphatic heterocycles. The predicted octanol–water partition coefficient (Wildman–Crippen LogP) is 3.61. The molecule has 0 heterocycles. The van der Waals surface area contributed by atoms with Gasteiger partial charge in [0.25, 0.3) is 0 Å². The van der Waals surface area contributed by atoms with Crippen molar-refractivity contribution in [3.05, 3.63) is 60.2 Å². The molecule has 0 bridgehead atoms. The van der Waals surface area contributed by atoms with Gasteiger partial charge in [0, 0.05) is 18.3 Å². The Morgan fingerprint density at radius 3 is 2.35 bits per heavy atom. The van der Waals surface area contributed by atoms with Crippen molar-refractivity contribution in [2.75, 3.05) is 11.1 Å². The van der Waals surface area contributed by atoms with Crippen LogP contribution in [0.15, 0.2) is 54.6 Å². The minimum atomic E-state index is -3.53. The quantitative estimate of drug-likeness (QED) is 0.751. The fraction of sp³-hybridized carbons (Fsp3) is 0.316. The summed E-state index contributed by atoms with van der Waals surface area (Å²) in [7, 11) is -3.53. The number of para-hydroxylation sites is 1. The highest BCUT2D eigenvalue weighted by atomic mass is 32.2. The first-order valence-electron chi connectivity index (χ1n) is 8.60. The van der Waals surface area contributed by atoms with Crippen LogP contribution in [0.1, 0.15) is 25.3 Å². The van der Waals surface area contributed by atoms with Crippen LogP contribution in [0.5, 0.6) is 5.75 Å². The first kappa shape index (κ1) is 18.3. The van der Waals surface area contributed by atoms with E-state index in [0.29, 0.717) is 6.54 Å². The number of carbonyl (C=O) groups is 1. The molecule has 0 radical (unpaired) electrons. The molecule has 138 valence electrons. The lowest BCUT2D eigenvalue weighted by Crippen LogP contribution is -2.36. The van der Waals surface area contributed by atoms with Gasteiger partial charge in [0.05, 0.1) is 5.75 Å². The summed E-state index contributed by atoms with van der Waals surface area (Å²) in [6, 6.07) is 16.3. The molecule has 2 aromatic rings. The van der Waals surface area contributed by atoms with Gasteiger partial charge in [-0.05, 0) is 49.6 Å². The van der Waals surface area contributed by atoms with Crippen LogP contribution in [0.2, 0.25) is 0 Å². The number of anilines is 1. The highest BCUT2D eigenvalue weighted by Crippen LogP contribution is 2.29. The molecule has 1 aliphatic carbocycles. The second-order valence-electron chi connectivity index (χ2n) is 6.23. The summed E-state index contributed by atoms with van der Waals surface area (Å²) in [4.78, 5) is 14.4. The van der Waals surface area contributed by atoms with Crippen molar-refractivity contribution in [2.45, 2.75) is 32.4 Å². The lowest BCUT2D eigenvalue weighted by Gasteiger charge is -2.23. The van der Waals surface area contributed by atoms with Gasteiger partial charge in [-0.25, -0.2) is 4.79 Å². The number of rotatable bonds is 7. The number of carbonyl (C=O) groups excluding carboxylic acids is 1. The maximum atomic E-state index is 12.6. The van der Waals surface area contributed by atoms with Crippen molar-refractivity contribution >= 4 is 21.8 Å². The third-order valence-electron chi connectivity index (χ3n) is 4.13. The smallest absolute Gasteiger partial charge is 0.322 e. The molecule has 2 aromatic carbocycles. The van der Waals surface area contributed by atoms with Crippen LogP contribution in [0.3, 0.4) is 0 Å². The van der Waals surface area contributed by atoms with Crippen molar-refractivity contribution in [1.82, 2.24) is 4.90 Å². The zero-order chi connectivity index (χ0) is 18.6. The van der Waals surface area contributed by atoms with Crippen LogP contribution in [0, 0.1) is 0 Å². The topological polar surface area (TPSA) is 75.7 Å². The molecule has 1 saturated carbocycles. The fourth-order valence-corrected chi connectivity index (χ4v) is 3.04. The molecule has 0 unspecified atom stereocenters. The maximum absolute atomic E-state index is 12.6. The van der Waals surface area contributed by atoms with Gasteiger partial charge in [-0.2, -0.15) is 8.42 Å². The van der Waals surface area contributed by atoms with E-state index in [1.807, 2.05) is 35.2 Å². The van der Waals surface area contributed by atoms with Gasteiger partial charge in [0.2, 0.25) is 0 Å². The van der Waals surface area contributed by atoms with Crippen LogP contribution in [0.25, 0.3) is 0 Å². The third kappa shape index (κ3) is 4.98. The molecule has 0 aromatic heterocycles. The summed E-state index contributed by atoms with van der Waals surface area (Å²) < 4.78 is 28.0. The standard InChI is InChI=1S/C19H22N2O4S/c1-2-26(23,24)25-18-12-8-15(9-13-18)14-21(17-10-11-17)19(22)20-16-6-4-3-5-7-16/h3-9,12-13,17H,2,10-11,14H2,1H3,(H,20,22). The molecule has 1 fully saturated rings. The minimum Gasteiger partial charge on any atom is -0.382 e. The number of hydrogen-bond donors (Lipinski definition) is 1. The molecule has 1 aliphatic rings. The van der Waals surface area contributed by atoms with E-state index >= 15 is 0 Å². The summed E-state index contributed by atoms with van der Waals surface area (Å²) in [5, 5.41) is 2.92. The second-order valence-corrected chi connectivity index (χ2v) is 8.09. The summed E-state index contributed by atoms with van der Waals surface area (Å²) in [6.07, 6.45) is 2.00. The number of amides is 2. The van der Waals surface area contributed by atoms with Crippen molar-refractivity contribution in [3.8, 4) is 5.75 Å². The number of hydrogen-bond acceptors (Lipinski definition) is 4. The Morgan fingerprint density at radius 2 is 1.77 bits per heavy atom. The Kier molecular flexibility index (Phi) is 5.46. The van der Waals surface area contributed by atoms with Crippen molar-refractivity contribution in [2.24, 2.45) is 0 Å². The van der Waals surface area contributed by atoms with Crippen LogP contribution in [-0.4, -0.2) is 31.1 Å². The van der Waals surface area contributed by atoms with E-state index in [9.17, 15) is 13.2 Å². The number of nitrogens with zero attached hydrogens (tertiary/aromatic N) is 1. The van der Waals surface area contributed by atoms with Gasteiger partial charge in [0.15, 0.2) is 0 Å². The molecule has 0 spiro atoms. The molecule has 26 heavy (non-hydrogen) atoms. The van der Waals surface area contributed by atoms with Crippen LogP contribution >= 0.6 is 0 Å². The number of nitrogens with one attached hydrogen (secondary N) is 1. The molecule has 0 saturated heterocycles. The zero-order valence-electron chi connectivity index (χ0n) is 14.6. The van der Waals surface area contributed by atoms with E-state index in [1.165, 1.54) is 6.92 Å². The molecular weight excluding hydrogens is 352 g/mol. The zero-order valence-corrected chi connectivity index (χ0v) is 15.4. The van der Waals surface area contributed by atoms with Crippen LogP contribution in [0.4, 0.5) is 10.5 Å². The molecule has 0 atom stereocenters. The summed E-state index contributed by atoms with van der Waals surface area (Å²) in [5.41, 5.74) is 1.68. The van der Waals surface area contributed by atoms with Crippen molar-refractivity contribution in [1.29, 1.82) is 0 Å².